The molecule has 1 heterocycles. The van der Waals surface area contributed by atoms with E-state index in [0.29, 0.717) is 0 Å². The summed E-state index contributed by atoms with van der Waals surface area (Å²) >= 11 is 5.75. The molecule has 0 unspecified atom stereocenters. The monoisotopic (exact) mass is 303 g/mol. The fraction of sp³-hybridized carbons (Fsp3) is 0.364. The molecule has 0 saturated carbocycles. The quantitative estimate of drug-likeness (QED) is 0.861. The van der Waals surface area contributed by atoms with Crippen molar-refractivity contribution in [2.24, 2.45) is 5.14 Å². The average molecular weight is 304 g/mol. The van der Waals surface area contributed by atoms with Gasteiger partial charge in [-0.3, -0.25) is 10.2 Å². The van der Waals surface area contributed by atoms with E-state index in [-0.39, 0.29) is 21.4 Å². The van der Waals surface area contributed by atoms with Crippen molar-refractivity contribution in [2.45, 2.75) is 17.7 Å². The maximum atomic E-state index is 12.0. The van der Waals surface area contributed by atoms with E-state index in [1.807, 2.05) is 0 Å². The fourth-order valence-corrected chi connectivity index (χ4v) is 2.97. The van der Waals surface area contributed by atoms with Crippen molar-refractivity contribution in [1.82, 2.24) is 10.4 Å². The zero-order valence-electron chi connectivity index (χ0n) is 10.1. The van der Waals surface area contributed by atoms with Crippen molar-refractivity contribution in [1.29, 1.82) is 0 Å². The van der Waals surface area contributed by atoms with Crippen LogP contribution in [-0.4, -0.2) is 32.4 Å². The number of primary sulfonamides is 1. The van der Waals surface area contributed by atoms with Gasteiger partial charge in [-0.2, -0.15) is 0 Å². The number of nitrogens with one attached hydrogen (secondary N) is 1. The molecule has 1 saturated heterocycles. The van der Waals surface area contributed by atoms with Crippen LogP contribution >= 0.6 is 11.6 Å². The standard InChI is InChI=1S/C11H14ClN3O3S/c12-9-4-3-8(7-10(9)19(13,17)18)11(16)14-15-5-1-2-6-15/h3-4,7H,1-2,5-6H2,(H,14,16)(H2,13,17,18). The Bertz CT molecular complexity index is 597. The van der Waals surface area contributed by atoms with Gasteiger partial charge in [-0.15, -0.1) is 0 Å². The van der Waals surface area contributed by atoms with Gasteiger partial charge in [-0.1, -0.05) is 11.6 Å². The number of carbonyl (C=O) groups is 1. The van der Waals surface area contributed by atoms with Crippen molar-refractivity contribution in [3.8, 4) is 0 Å². The van der Waals surface area contributed by atoms with Crippen molar-refractivity contribution >= 4 is 27.5 Å². The van der Waals surface area contributed by atoms with Crippen LogP contribution in [0.5, 0.6) is 0 Å². The normalized spacial score (nSPS) is 16.5. The molecular formula is C11H14ClN3O3S. The second kappa shape index (κ2) is 5.46. The first-order valence-electron chi connectivity index (χ1n) is 5.76. The Hall–Kier alpha value is -1.15. The Kier molecular flexibility index (Phi) is 4.10. The van der Waals surface area contributed by atoms with Crippen LogP contribution in [0.2, 0.25) is 5.02 Å². The van der Waals surface area contributed by atoms with Crippen LogP contribution in [0.25, 0.3) is 0 Å². The first kappa shape index (κ1) is 14.3. The Morgan fingerprint density at radius 3 is 2.53 bits per heavy atom. The molecule has 1 aromatic rings. The molecular weight excluding hydrogens is 290 g/mol. The molecule has 0 bridgehead atoms. The lowest BCUT2D eigenvalue weighted by molar-refractivity contribution is 0.0825. The number of hydrazine groups is 1. The highest BCUT2D eigenvalue weighted by Gasteiger charge is 2.19. The predicted octanol–water partition coefficient (Wildman–Crippen LogP) is 0.728. The highest BCUT2D eigenvalue weighted by molar-refractivity contribution is 7.89. The lowest BCUT2D eigenvalue weighted by Gasteiger charge is -2.16. The molecule has 0 aromatic heterocycles. The highest BCUT2D eigenvalue weighted by Crippen LogP contribution is 2.21. The summed E-state index contributed by atoms with van der Waals surface area (Å²) in [5.74, 6) is -0.372. The zero-order valence-corrected chi connectivity index (χ0v) is 11.7. The Balaban J connectivity index is 2.23. The number of hydrogen-bond acceptors (Lipinski definition) is 4. The number of nitrogens with zero attached hydrogens (tertiary/aromatic N) is 1. The molecule has 1 aliphatic heterocycles. The van der Waals surface area contributed by atoms with Gasteiger partial charge in [-0.25, -0.2) is 18.6 Å². The number of hydrogen-bond donors (Lipinski definition) is 2. The second-order valence-electron chi connectivity index (χ2n) is 4.33. The van der Waals surface area contributed by atoms with Crippen LogP contribution in [0, 0.1) is 0 Å². The molecule has 6 nitrogen and oxygen atoms in total. The maximum absolute atomic E-state index is 12.0. The SMILES string of the molecule is NS(=O)(=O)c1cc(C(=O)NN2CCCC2)ccc1Cl. The summed E-state index contributed by atoms with van der Waals surface area (Å²) in [6, 6.07) is 3.99. The van der Waals surface area contributed by atoms with Gasteiger partial charge in [-0.05, 0) is 31.0 Å². The molecule has 8 heteroatoms. The lowest BCUT2D eigenvalue weighted by Crippen LogP contribution is -2.40. The molecule has 0 spiro atoms. The molecule has 1 amide bonds. The van der Waals surface area contributed by atoms with E-state index in [0.717, 1.165) is 25.9 Å². The third kappa shape index (κ3) is 3.44. The van der Waals surface area contributed by atoms with Gasteiger partial charge >= 0.3 is 0 Å². The lowest BCUT2D eigenvalue weighted by atomic mass is 10.2. The highest BCUT2D eigenvalue weighted by atomic mass is 35.5. The largest absolute Gasteiger partial charge is 0.285 e. The van der Waals surface area contributed by atoms with Gasteiger partial charge in [0.25, 0.3) is 5.91 Å². The van der Waals surface area contributed by atoms with E-state index < -0.39 is 10.0 Å². The fourth-order valence-electron chi connectivity index (χ4n) is 1.90. The molecule has 1 aliphatic rings. The van der Waals surface area contributed by atoms with E-state index in [1.165, 1.54) is 18.2 Å². The minimum atomic E-state index is -3.94. The Morgan fingerprint density at radius 1 is 1.32 bits per heavy atom. The van der Waals surface area contributed by atoms with Crippen LogP contribution in [0.3, 0.4) is 0 Å². The Morgan fingerprint density at radius 2 is 1.95 bits per heavy atom. The predicted molar refractivity (Wildman–Crippen MR) is 71.1 cm³/mol. The molecule has 19 heavy (non-hydrogen) atoms. The summed E-state index contributed by atoms with van der Waals surface area (Å²) in [7, 11) is -3.94. The van der Waals surface area contributed by atoms with Crippen molar-refractivity contribution in [3.05, 3.63) is 28.8 Å². The van der Waals surface area contributed by atoms with Gasteiger partial charge in [0.1, 0.15) is 4.90 Å². The number of sulfonamides is 1. The topological polar surface area (TPSA) is 92.5 Å². The van der Waals surface area contributed by atoms with Crippen LogP contribution in [0.1, 0.15) is 23.2 Å². The molecule has 3 N–H and O–H groups in total. The van der Waals surface area contributed by atoms with Crippen LogP contribution in [0.15, 0.2) is 23.1 Å². The second-order valence-corrected chi connectivity index (χ2v) is 6.26. The zero-order chi connectivity index (χ0) is 14.0. The van der Waals surface area contributed by atoms with Gasteiger partial charge in [0, 0.05) is 18.7 Å². The minimum absolute atomic E-state index is 0.000206. The summed E-state index contributed by atoms with van der Waals surface area (Å²) < 4.78 is 22.6. The summed E-state index contributed by atoms with van der Waals surface area (Å²) in [6.45, 7) is 1.59. The minimum Gasteiger partial charge on any atom is -0.285 e. The summed E-state index contributed by atoms with van der Waals surface area (Å²) in [5, 5.41) is 6.84. The molecule has 0 aliphatic carbocycles. The van der Waals surface area contributed by atoms with E-state index in [2.05, 4.69) is 5.43 Å². The number of rotatable bonds is 3. The summed E-state index contributed by atoms with van der Waals surface area (Å²) in [6.07, 6.45) is 2.06. The van der Waals surface area contributed by atoms with Crippen molar-refractivity contribution in [2.75, 3.05) is 13.1 Å². The third-order valence-electron chi connectivity index (χ3n) is 2.87. The van der Waals surface area contributed by atoms with Crippen LogP contribution < -0.4 is 10.6 Å². The average Bonchev–Trinajstić information content (AvgIpc) is 2.80. The summed E-state index contributed by atoms with van der Waals surface area (Å²) in [4.78, 5) is 11.7. The number of carbonyl (C=O) groups excluding carboxylic acids is 1. The number of halogens is 1. The molecule has 0 atom stereocenters. The molecule has 0 radical (unpaired) electrons. The van der Waals surface area contributed by atoms with Crippen LogP contribution in [-0.2, 0) is 10.0 Å². The van der Waals surface area contributed by atoms with E-state index in [4.69, 9.17) is 16.7 Å². The van der Waals surface area contributed by atoms with Gasteiger partial charge < -0.3 is 0 Å². The number of amides is 1. The van der Waals surface area contributed by atoms with Gasteiger partial charge in [0.2, 0.25) is 10.0 Å². The molecule has 1 fully saturated rings. The maximum Gasteiger partial charge on any atom is 0.265 e. The number of nitrogens with two attached hydrogens (primary N) is 1. The van der Waals surface area contributed by atoms with Gasteiger partial charge in [0.15, 0.2) is 0 Å². The first-order valence-corrected chi connectivity index (χ1v) is 7.68. The molecule has 2 rings (SSSR count). The molecule has 104 valence electrons. The summed E-state index contributed by atoms with van der Waals surface area (Å²) in [5.41, 5.74) is 2.92. The van der Waals surface area contributed by atoms with Crippen LogP contribution in [0.4, 0.5) is 0 Å². The van der Waals surface area contributed by atoms with Crippen molar-refractivity contribution < 1.29 is 13.2 Å². The van der Waals surface area contributed by atoms with E-state index >= 15 is 0 Å². The molecule has 1 aromatic carbocycles. The van der Waals surface area contributed by atoms with Gasteiger partial charge in [0.05, 0.1) is 5.02 Å². The van der Waals surface area contributed by atoms with E-state index in [9.17, 15) is 13.2 Å². The Labute approximate surface area is 116 Å². The van der Waals surface area contributed by atoms with E-state index in [1.54, 1.807) is 5.01 Å². The smallest absolute Gasteiger partial charge is 0.265 e. The van der Waals surface area contributed by atoms with Crippen molar-refractivity contribution in [3.63, 3.8) is 0 Å². The third-order valence-corrected chi connectivity index (χ3v) is 4.26. The number of benzene rings is 1. The first-order chi connectivity index (χ1) is 8.88.